The molecule has 0 aromatic heterocycles. The van der Waals surface area contributed by atoms with Crippen LogP contribution in [0.1, 0.15) is 24.5 Å². The number of halogens is 1. The predicted molar refractivity (Wildman–Crippen MR) is 88.3 cm³/mol. The van der Waals surface area contributed by atoms with E-state index in [-0.39, 0.29) is 12.2 Å². The second kappa shape index (κ2) is 5.80. The van der Waals surface area contributed by atoms with E-state index in [4.69, 9.17) is 11.6 Å². The Morgan fingerprint density at radius 2 is 1.91 bits per heavy atom. The Balaban J connectivity index is 2.06. The number of benzene rings is 2. The highest BCUT2D eigenvalue weighted by molar-refractivity contribution is 6.31. The molecule has 0 saturated heterocycles. The van der Waals surface area contributed by atoms with Gasteiger partial charge >= 0.3 is 0 Å². The van der Waals surface area contributed by atoms with Crippen LogP contribution in [0.2, 0.25) is 5.02 Å². The Bertz CT molecular complexity index is 775. The number of Topliss-reactive ketones (excluding diaryl/α,β-unsaturated/α-hetero) is 1. The first-order chi connectivity index (χ1) is 10.9. The zero-order chi connectivity index (χ0) is 16.6. The zero-order valence-corrected chi connectivity index (χ0v) is 13.4. The molecule has 23 heavy (non-hydrogen) atoms. The molecule has 0 spiro atoms. The van der Waals surface area contributed by atoms with Crippen LogP contribution in [0, 0.1) is 0 Å². The standard InChI is InChI=1S/C18H16ClNO3/c1-12(21)10-18(23)15-9-14(19)7-8-16(15)20(17(18)22)11-13-5-3-2-4-6-13/h2-9,23H,10-11H2,1H3/t18-/m0/s1. The van der Waals surface area contributed by atoms with Crippen LogP contribution in [-0.4, -0.2) is 16.8 Å². The summed E-state index contributed by atoms with van der Waals surface area (Å²) in [7, 11) is 0. The van der Waals surface area contributed by atoms with Gasteiger partial charge in [-0.3, -0.25) is 9.59 Å². The highest BCUT2D eigenvalue weighted by Gasteiger charge is 2.50. The molecule has 1 aliphatic rings. The van der Waals surface area contributed by atoms with Gasteiger partial charge in [0.15, 0.2) is 5.60 Å². The predicted octanol–water partition coefficient (Wildman–Crippen LogP) is 3.05. The minimum atomic E-state index is -1.85. The molecule has 1 amide bonds. The molecule has 0 bridgehead atoms. The largest absolute Gasteiger partial charge is 0.375 e. The van der Waals surface area contributed by atoms with Crippen molar-refractivity contribution < 1.29 is 14.7 Å². The lowest BCUT2D eigenvalue weighted by Gasteiger charge is -2.22. The fraction of sp³-hybridized carbons (Fsp3) is 0.222. The second-order valence-electron chi connectivity index (χ2n) is 5.78. The Morgan fingerprint density at radius 3 is 2.57 bits per heavy atom. The van der Waals surface area contributed by atoms with Gasteiger partial charge in [0.1, 0.15) is 5.78 Å². The Morgan fingerprint density at radius 1 is 1.22 bits per heavy atom. The summed E-state index contributed by atoms with van der Waals surface area (Å²) in [6, 6.07) is 14.4. The van der Waals surface area contributed by atoms with Crippen LogP contribution in [-0.2, 0) is 21.7 Å². The Labute approximate surface area is 139 Å². The minimum Gasteiger partial charge on any atom is -0.375 e. The molecule has 3 rings (SSSR count). The van der Waals surface area contributed by atoms with E-state index >= 15 is 0 Å². The molecule has 118 valence electrons. The summed E-state index contributed by atoms with van der Waals surface area (Å²) in [5.41, 5.74) is 0.0721. The van der Waals surface area contributed by atoms with E-state index in [9.17, 15) is 14.7 Å². The molecule has 1 heterocycles. The van der Waals surface area contributed by atoms with Gasteiger partial charge in [-0.2, -0.15) is 0 Å². The maximum absolute atomic E-state index is 12.8. The third-order valence-electron chi connectivity index (χ3n) is 3.98. The van der Waals surface area contributed by atoms with Crippen molar-refractivity contribution in [2.75, 3.05) is 4.90 Å². The number of nitrogens with zero attached hydrogens (tertiary/aromatic N) is 1. The fourth-order valence-corrected chi connectivity index (χ4v) is 3.15. The molecule has 2 aromatic rings. The first-order valence-corrected chi connectivity index (χ1v) is 7.67. The summed E-state index contributed by atoms with van der Waals surface area (Å²) in [6.07, 6.45) is -0.259. The third-order valence-corrected chi connectivity index (χ3v) is 4.22. The van der Waals surface area contributed by atoms with E-state index in [0.29, 0.717) is 22.8 Å². The van der Waals surface area contributed by atoms with Crippen LogP contribution in [0.25, 0.3) is 0 Å². The number of carbonyl (C=O) groups excluding carboxylic acids is 2. The Hall–Kier alpha value is -2.17. The number of anilines is 1. The number of carbonyl (C=O) groups is 2. The summed E-state index contributed by atoms with van der Waals surface area (Å²) in [4.78, 5) is 25.9. The van der Waals surface area contributed by atoms with Gasteiger partial charge in [-0.05, 0) is 30.7 Å². The van der Waals surface area contributed by atoms with Crippen molar-refractivity contribution in [3.63, 3.8) is 0 Å². The quantitative estimate of drug-likeness (QED) is 0.938. The monoisotopic (exact) mass is 329 g/mol. The number of rotatable bonds is 4. The molecule has 0 fully saturated rings. The molecule has 0 radical (unpaired) electrons. The first kappa shape index (κ1) is 15.7. The fourth-order valence-electron chi connectivity index (χ4n) is 2.98. The first-order valence-electron chi connectivity index (χ1n) is 7.29. The van der Waals surface area contributed by atoms with Crippen LogP contribution in [0.4, 0.5) is 5.69 Å². The van der Waals surface area contributed by atoms with Gasteiger partial charge in [0.2, 0.25) is 0 Å². The molecule has 2 aromatic carbocycles. The molecule has 0 aliphatic carbocycles. The van der Waals surface area contributed by atoms with Crippen LogP contribution < -0.4 is 4.90 Å². The Kier molecular flexibility index (Phi) is 3.96. The summed E-state index contributed by atoms with van der Waals surface area (Å²) < 4.78 is 0. The van der Waals surface area contributed by atoms with Crippen molar-refractivity contribution in [2.24, 2.45) is 0 Å². The van der Waals surface area contributed by atoms with Gasteiger partial charge in [-0.1, -0.05) is 41.9 Å². The van der Waals surface area contributed by atoms with Crippen molar-refractivity contribution >= 4 is 29.0 Å². The van der Waals surface area contributed by atoms with Crippen molar-refractivity contribution in [2.45, 2.75) is 25.5 Å². The second-order valence-corrected chi connectivity index (χ2v) is 6.21. The van der Waals surface area contributed by atoms with E-state index in [1.807, 2.05) is 30.3 Å². The normalized spacial score (nSPS) is 19.8. The van der Waals surface area contributed by atoms with Crippen LogP contribution in [0.15, 0.2) is 48.5 Å². The summed E-state index contributed by atoms with van der Waals surface area (Å²) in [5, 5.41) is 11.3. The van der Waals surface area contributed by atoms with Crippen molar-refractivity contribution in [3.8, 4) is 0 Å². The van der Waals surface area contributed by atoms with E-state index in [1.54, 1.807) is 18.2 Å². The van der Waals surface area contributed by atoms with E-state index in [2.05, 4.69) is 0 Å². The lowest BCUT2D eigenvalue weighted by Crippen LogP contribution is -2.41. The maximum atomic E-state index is 12.8. The lowest BCUT2D eigenvalue weighted by atomic mass is 9.90. The van der Waals surface area contributed by atoms with Gasteiger partial charge in [-0.15, -0.1) is 0 Å². The summed E-state index contributed by atoms with van der Waals surface area (Å²) in [6.45, 7) is 1.68. The molecule has 1 atom stereocenters. The number of hydrogen-bond acceptors (Lipinski definition) is 3. The van der Waals surface area contributed by atoms with E-state index in [0.717, 1.165) is 5.56 Å². The molecule has 4 nitrogen and oxygen atoms in total. The highest BCUT2D eigenvalue weighted by atomic mass is 35.5. The van der Waals surface area contributed by atoms with Crippen molar-refractivity contribution in [1.82, 2.24) is 0 Å². The molecule has 0 unspecified atom stereocenters. The average molecular weight is 330 g/mol. The van der Waals surface area contributed by atoms with Gasteiger partial charge < -0.3 is 10.0 Å². The van der Waals surface area contributed by atoms with Gasteiger partial charge in [0.05, 0.1) is 12.2 Å². The molecule has 1 aliphatic heterocycles. The van der Waals surface area contributed by atoms with E-state index < -0.39 is 11.5 Å². The van der Waals surface area contributed by atoms with Crippen LogP contribution in [0.3, 0.4) is 0 Å². The maximum Gasteiger partial charge on any atom is 0.264 e. The number of ketones is 1. The topological polar surface area (TPSA) is 57.6 Å². The van der Waals surface area contributed by atoms with Gasteiger partial charge in [0.25, 0.3) is 5.91 Å². The number of aliphatic hydroxyl groups is 1. The van der Waals surface area contributed by atoms with Gasteiger partial charge in [0, 0.05) is 17.0 Å². The molecule has 0 saturated carbocycles. The van der Waals surface area contributed by atoms with Crippen LogP contribution >= 0.6 is 11.6 Å². The van der Waals surface area contributed by atoms with Gasteiger partial charge in [-0.25, -0.2) is 0 Å². The minimum absolute atomic E-state index is 0.256. The number of fused-ring (bicyclic) bond motifs is 1. The third kappa shape index (κ3) is 2.76. The van der Waals surface area contributed by atoms with Crippen molar-refractivity contribution in [3.05, 3.63) is 64.7 Å². The highest BCUT2D eigenvalue weighted by Crippen LogP contribution is 2.44. The smallest absolute Gasteiger partial charge is 0.264 e. The lowest BCUT2D eigenvalue weighted by molar-refractivity contribution is -0.141. The summed E-state index contributed by atoms with van der Waals surface area (Å²) >= 11 is 6.02. The molecule has 1 N–H and O–H groups in total. The average Bonchev–Trinajstić information content (AvgIpc) is 2.70. The SMILES string of the molecule is CC(=O)C[C@@]1(O)C(=O)N(Cc2ccccc2)c2ccc(Cl)cc21. The number of hydrogen-bond donors (Lipinski definition) is 1. The van der Waals surface area contributed by atoms with Crippen molar-refractivity contribution in [1.29, 1.82) is 0 Å². The summed E-state index contributed by atoms with van der Waals surface area (Å²) in [5.74, 6) is -0.748. The van der Waals surface area contributed by atoms with Crippen LogP contribution in [0.5, 0.6) is 0 Å². The number of amides is 1. The molecule has 5 heteroatoms. The molecular weight excluding hydrogens is 314 g/mol. The van der Waals surface area contributed by atoms with E-state index in [1.165, 1.54) is 11.8 Å². The molecular formula is C18H16ClNO3. The zero-order valence-electron chi connectivity index (χ0n) is 12.6.